The van der Waals surface area contributed by atoms with Gasteiger partial charge < -0.3 is 14.5 Å². The molecule has 7 heteroatoms. The zero-order valence-corrected chi connectivity index (χ0v) is 18.4. The van der Waals surface area contributed by atoms with E-state index >= 15 is 0 Å². The fraction of sp³-hybridized carbons (Fsp3) is 0.455. The number of ether oxygens (including phenoxy) is 1. The van der Waals surface area contributed by atoms with Gasteiger partial charge in [-0.05, 0) is 50.1 Å². The zero-order valence-electron chi connectivity index (χ0n) is 17.6. The van der Waals surface area contributed by atoms with E-state index in [-0.39, 0.29) is 5.82 Å². The van der Waals surface area contributed by atoms with Crippen molar-refractivity contribution >= 4 is 12.2 Å². The molecule has 2 heterocycles. The Morgan fingerprint density at radius 2 is 1.79 bits per heavy atom. The average molecular weight is 417 g/mol. The molecule has 0 spiro atoms. The lowest BCUT2D eigenvalue weighted by atomic mass is 10.0. The lowest BCUT2D eigenvalue weighted by Gasteiger charge is -2.31. The second kappa shape index (κ2) is 9.04. The molecule has 2 N–H and O–H groups in total. The van der Waals surface area contributed by atoms with Gasteiger partial charge in [0.1, 0.15) is 55.0 Å². The van der Waals surface area contributed by atoms with E-state index in [1.165, 1.54) is 15.9 Å². The summed E-state index contributed by atoms with van der Waals surface area (Å²) in [5, 5.41) is 9.50. The number of nitrogens with one attached hydrogen (secondary N) is 2. The zero-order chi connectivity index (χ0) is 21.1. The lowest BCUT2D eigenvalue weighted by molar-refractivity contribution is -1.03. The van der Waals surface area contributed by atoms with Gasteiger partial charge in [0.05, 0.1) is 18.2 Å². The van der Waals surface area contributed by atoms with E-state index in [0.29, 0.717) is 10.2 Å². The van der Waals surface area contributed by atoms with Gasteiger partial charge in [-0.15, -0.1) is 0 Å². The average Bonchev–Trinajstić information content (AvgIpc) is 2.71. The molecule has 1 aliphatic rings. The maximum Gasteiger partial charge on any atom is 0.158 e. The SMILES string of the molecule is COc1ccc(F)cc1C[NH+]1CC[NH+](Cn2c(C)c(C)c(C)c(C#N)c2=S)CC1. The van der Waals surface area contributed by atoms with Crippen LogP contribution in [0.25, 0.3) is 0 Å². The largest absolute Gasteiger partial charge is 0.496 e. The summed E-state index contributed by atoms with van der Waals surface area (Å²) in [5.74, 6) is 0.520. The third-order valence-electron chi connectivity index (χ3n) is 6.18. The predicted molar refractivity (Wildman–Crippen MR) is 112 cm³/mol. The van der Waals surface area contributed by atoms with Crippen LogP contribution in [0.3, 0.4) is 0 Å². The third-order valence-corrected chi connectivity index (χ3v) is 6.61. The number of rotatable bonds is 5. The van der Waals surface area contributed by atoms with Crippen LogP contribution in [0, 0.1) is 42.6 Å². The maximum absolute atomic E-state index is 13.6. The summed E-state index contributed by atoms with van der Waals surface area (Å²) in [6.45, 7) is 11.6. The van der Waals surface area contributed by atoms with Crippen LogP contribution < -0.4 is 14.5 Å². The minimum Gasteiger partial charge on any atom is -0.496 e. The monoisotopic (exact) mass is 416 g/mol. The van der Waals surface area contributed by atoms with Crippen molar-refractivity contribution in [1.82, 2.24) is 4.57 Å². The molecule has 1 saturated heterocycles. The van der Waals surface area contributed by atoms with Crippen LogP contribution in [-0.2, 0) is 13.2 Å². The molecule has 0 radical (unpaired) electrons. The fourth-order valence-electron chi connectivity index (χ4n) is 4.10. The summed E-state index contributed by atoms with van der Waals surface area (Å²) in [7, 11) is 1.62. The Morgan fingerprint density at radius 3 is 2.41 bits per heavy atom. The minimum atomic E-state index is -0.225. The van der Waals surface area contributed by atoms with Gasteiger partial charge in [-0.2, -0.15) is 5.26 Å². The molecule has 0 atom stereocenters. The van der Waals surface area contributed by atoms with Crippen LogP contribution in [-0.4, -0.2) is 37.9 Å². The van der Waals surface area contributed by atoms with Crippen LogP contribution in [0.1, 0.15) is 27.9 Å². The molecule has 29 heavy (non-hydrogen) atoms. The number of hydrogen-bond acceptors (Lipinski definition) is 3. The summed E-state index contributed by atoms with van der Waals surface area (Å²) < 4.78 is 21.8. The van der Waals surface area contributed by atoms with Crippen LogP contribution in [0.15, 0.2) is 18.2 Å². The molecule has 5 nitrogen and oxygen atoms in total. The van der Waals surface area contributed by atoms with Crippen LogP contribution in [0.4, 0.5) is 4.39 Å². The van der Waals surface area contributed by atoms with Crippen molar-refractivity contribution in [2.75, 3.05) is 33.3 Å². The summed E-state index contributed by atoms with van der Waals surface area (Å²) in [5.41, 5.74) is 4.79. The molecule has 154 valence electrons. The number of pyridine rings is 1. The number of piperazine rings is 1. The Balaban J connectivity index is 1.69. The minimum absolute atomic E-state index is 0.225. The molecule has 1 aromatic carbocycles. The first-order valence-corrected chi connectivity index (χ1v) is 10.4. The molecule has 0 unspecified atom stereocenters. The normalized spacial score (nSPS) is 19.0. The smallest absolute Gasteiger partial charge is 0.158 e. The molecular formula is C22H29FN4OS+2. The summed E-state index contributed by atoms with van der Waals surface area (Å²) in [6.07, 6.45) is 0. The Bertz CT molecular complexity index is 1000. The van der Waals surface area contributed by atoms with E-state index in [2.05, 4.69) is 24.5 Å². The van der Waals surface area contributed by atoms with Gasteiger partial charge in [-0.25, -0.2) is 4.39 Å². The number of hydrogen-bond donors (Lipinski definition) is 2. The molecular weight excluding hydrogens is 387 g/mol. The van der Waals surface area contributed by atoms with Gasteiger partial charge in [0.2, 0.25) is 0 Å². The summed E-state index contributed by atoms with van der Waals surface area (Å²) >= 11 is 5.62. The van der Waals surface area contributed by atoms with Crippen molar-refractivity contribution in [2.45, 2.75) is 34.0 Å². The highest BCUT2D eigenvalue weighted by atomic mass is 32.1. The maximum atomic E-state index is 13.6. The first-order valence-electron chi connectivity index (χ1n) is 9.96. The van der Waals surface area contributed by atoms with Crippen molar-refractivity contribution in [3.05, 3.63) is 56.6 Å². The van der Waals surface area contributed by atoms with Crippen molar-refractivity contribution in [3.63, 3.8) is 0 Å². The van der Waals surface area contributed by atoms with E-state index in [4.69, 9.17) is 17.0 Å². The first-order chi connectivity index (χ1) is 13.8. The number of halogens is 1. The summed E-state index contributed by atoms with van der Waals surface area (Å²) in [4.78, 5) is 2.88. The molecule has 1 aromatic heterocycles. The molecule has 2 aromatic rings. The first kappa shape index (κ1) is 21.4. The lowest BCUT2D eigenvalue weighted by Crippen LogP contribution is -3.27. The highest BCUT2D eigenvalue weighted by Gasteiger charge is 2.25. The topological polar surface area (TPSA) is 46.8 Å². The highest BCUT2D eigenvalue weighted by molar-refractivity contribution is 7.71. The number of aromatic nitrogens is 1. The molecule has 3 rings (SSSR count). The molecule has 1 fully saturated rings. The molecule has 0 saturated carbocycles. The molecule has 0 aliphatic carbocycles. The van der Waals surface area contributed by atoms with E-state index in [0.717, 1.165) is 67.5 Å². The van der Waals surface area contributed by atoms with E-state index < -0.39 is 0 Å². The van der Waals surface area contributed by atoms with Gasteiger partial charge in [-0.1, -0.05) is 12.2 Å². The number of nitriles is 1. The van der Waals surface area contributed by atoms with Gasteiger partial charge in [0.25, 0.3) is 0 Å². The fourth-order valence-corrected chi connectivity index (χ4v) is 4.50. The molecule has 0 bridgehead atoms. The Labute approximate surface area is 176 Å². The third kappa shape index (κ3) is 4.50. The van der Waals surface area contributed by atoms with Crippen LogP contribution >= 0.6 is 12.2 Å². The van der Waals surface area contributed by atoms with Crippen molar-refractivity contribution in [3.8, 4) is 11.8 Å². The Kier molecular flexibility index (Phi) is 6.68. The second-order valence-electron chi connectivity index (χ2n) is 7.85. The van der Waals surface area contributed by atoms with Crippen molar-refractivity contribution in [1.29, 1.82) is 5.26 Å². The van der Waals surface area contributed by atoms with Crippen molar-refractivity contribution < 1.29 is 18.9 Å². The number of benzene rings is 1. The van der Waals surface area contributed by atoms with Gasteiger partial charge in [0, 0.05) is 5.69 Å². The summed E-state index contributed by atoms with van der Waals surface area (Å²) in [6, 6.07) is 6.99. The van der Waals surface area contributed by atoms with Crippen LogP contribution in [0.5, 0.6) is 5.75 Å². The number of methoxy groups -OCH3 is 1. The second-order valence-corrected chi connectivity index (χ2v) is 8.23. The highest BCUT2D eigenvalue weighted by Crippen LogP contribution is 2.19. The standard InChI is InChI=1S/C22H27FN4OS/c1-15-16(2)20(12-24)22(29)27(17(15)3)14-26-9-7-25(8-10-26)13-18-11-19(23)5-6-21(18)28-4/h5-6,11H,7-10,13-14H2,1-4H3/p+2. The van der Waals surface area contributed by atoms with Gasteiger partial charge in [0.15, 0.2) is 6.67 Å². The number of quaternary nitrogens is 2. The van der Waals surface area contributed by atoms with E-state index in [1.807, 2.05) is 6.92 Å². The molecule has 1 aliphatic heterocycles. The Morgan fingerprint density at radius 1 is 1.14 bits per heavy atom. The van der Waals surface area contributed by atoms with Crippen LogP contribution in [0.2, 0.25) is 0 Å². The van der Waals surface area contributed by atoms with E-state index in [1.54, 1.807) is 19.2 Å². The van der Waals surface area contributed by atoms with Crippen molar-refractivity contribution in [2.24, 2.45) is 0 Å². The molecule has 0 amide bonds. The van der Waals surface area contributed by atoms with Gasteiger partial charge in [-0.3, -0.25) is 4.57 Å². The number of nitrogens with zero attached hydrogens (tertiary/aromatic N) is 2. The Hall–Kier alpha value is -2.27. The van der Waals surface area contributed by atoms with E-state index in [9.17, 15) is 9.65 Å². The van der Waals surface area contributed by atoms with Gasteiger partial charge >= 0.3 is 0 Å². The quantitative estimate of drug-likeness (QED) is 0.718. The predicted octanol–water partition coefficient (Wildman–Crippen LogP) is 1.10.